The van der Waals surface area contributed by atoms with Crippen molar-refractivity contribution in [3.05, 3.63) is 27.7 Å². The molecule has 0 amide bonds. The second-order valence-electron chi connectivity index (χ2n) is 6.15. The molecule has 0 spiro atoms. The van der Waals surface area contributed by atoms with E-state index in [1.165, 1.54) is 0 Å². The molecule has 1 rings (SSSR count). The average Bonchev–Trinajstić information content (AvgIpc) is 2.20. The van der Waals surface area contributed by atoms with Gasteiger partial charge in [-0.2, -0.15) is 0 Å². The minimum Gasteiger partial charge on any atom is -0.283 e. The molecule has 1 aromatic carbocycles. The van der Waals surface area contributed by atoms with Gasteiger partial charge in [0.1, 0.15) is 0 Å². The van der Waals surface area contributed by atoms with Gasteiger partial charge in [-0.25, -0.2) is 8.42 Å². The Kier molecular flexibility index (Phi) is 5.07. The number of hydrogen-bond acceptors (Lipinski definition) is 2. The summed E-state index contributed by atoms with van der Waals surface area (Å²) in [5, 5.41) is 0. The van der Waals surface area contributed by atoms with Crippen molar-refractivity contribution in [2.75, 3.05) is 10.5 Å². The molecule has 0 fully saturated rings. The molecule has 0 aliphatic rings. The van der Waals surface area contributed by atoms with Crippen LogP contribution in [0.3, 0.4) is 0 Å². The molecule has 5 heteroatoms. The average molecular weight is 348 g/mol. The second kappa shape index (κ2) is 5.83. The molecule has 0 atom stereocenters. The second-order valence-corrected chi connectivity index (χ2v) is 8.90. The van der Waals surface area contributed by atoms with Crippen molar-refractivity contribution in [3.63, 3.8) is 0 Å². The van der Waals surface area contributed by atoms with Crippen LogP contribution in [0.4, 0.5) is 5.69 Å². The zero-order valence-electron chi connectivity index (χ0n) is 12.2. The van der Waals surface area contributed by atoms with Gasteiger partial charge < -0.3 is 0 Å². The maximum absolute atomic E-state index is 12.1. The van der Waals surface area contributed by atoms with Gasteiger partial charge in [0.25, 0.3) is 0 Å². The lowest BCUT2D eigenvalue weighted by molar-refractivity contribution is 0.397. The van der Waals surface area contributed by atoms with Crippen molar-refractivity contribution >= 4 is 31.6 Å². The third-order valence-corrected chi connectivity index (χ3v) is 4.59. The summed E-state index contributed by atoms with van der Waals surface area (Å²) < 4.78 is 27.9. The van der Waals surface area contributed by atoms with Gasteiger partial charge in [-0.05, 0) is 48.9 Å². The van der Waals surface area contributed by atoms with E-state index in [1.54, 1.807) is 0 Å². The number of nitrogens with one attached hydrogen (secondary N) is 1. The number of sulfonamides is 1. The normalized spacial score (nSPS) is 12.5. The highest BCUT2D eigenvalue weighted by molar-refractivity contribution is 9.10. The van der Waals surface area contributed by atoms with E-state index in [-0.39, 0.29) is 11.2 Å². The van der Waals surface area contributed by atoms with Crippen LogP contribution >= 0.6 is 15.9 Å². The molecule has 0 radical (unpaired) electrons. The highest BCUT2D eigenvalue weighted by Gasteiger charge is 2.18. The van der Waals surface area contributed by atoms with Gasteiger partial charge in [0.2, 0.25) is 10.0 Å². The van der Waals surface area contributed by atoms with Crippen molar-refractivity contribution in [2.45, 2.75) is 41.0 Å². The summed E-state index contributed by atoms with van der Waals surface area (Å²) >= 11 is 3.41. The summed E-state index contributed by atoms with van der Waals surface area (Å²) in [6.07, 6.45) is 0.636. The molecule has 1 aromatic rings. The van der Waals surface area contributed by atoms with Crippen LogP contribution in [0.25, 0.3) is 0 Å². The summed E-state index contributed by atoms with van der Waals surface area (Å²) in [5.74, 6) is 0.144. The molecule has 19 heavy (non-hydrogen) atoms. The first-order valence-corrected chi connectivity index (χ1v) is 8.72. The maximum Gasteiger partial charge on any atom is 0.232 e. The number of hydrogen-bond donors (Lipinski definition) is 1. The van der Waals surface area contributed by atoms with Gasteiger partial charge in [-0.15, -0.1) is 0 Å². The molecule has 3 nitrogen and oxygen atoms in total. The quantitative estimate of drug-likeness (QED) is 0.884. The van der Waals surface area contributed by atoms with E-state index in [0.29, 0.717) is 12.1 Å². The van der Waals surface area contributed by atoms with Crippen molar-refractivity contribution in [1.29, 1.82) is 0 Å². The number of rotatable bonds is 4. The fourth-order valence-corrected chi connectivity index (χ4v) is 4.02. The van der Waals surface area contributed by atoms with Crippen LogP contribution < -0.4 is 4.72 Å². The Hall–Kier alpha value is -0.550. The van der Waals surface area contributed by atoms with Crippen LogP contribution in [0, 0.1) is 19.3 Å². The fourth-order valence-electron chi connectivity index (χ4n) is 1.72. The monoisotopic (exact) mass is 347 g/mol. The first-order chi connectivity index (χ1) is 8.50. The zero-order chi connectivity index (χ0) is 14.8. The third kappa shape index (κ3) is 5.53. The maximum atomic E-state index is 12.1. The lowest BCUT2D eigenvalue weighted by Crippen LogP contribution is -2.21. The number of aryl methyl sites for hydroxylation is 2. The summed E-state index contributed by atoms with van der Waals surface area (Å²) in [6, 6.07) is 3.82. The predicted molar refractivity (Wildman–Crippen MR) is 85.1 cm³/mol. The van der Waals surface area contributed by atoms with E-state index in [4.69, 9.17) is 0 Å². The Morgan fingerprint density at radius 3 is 2.05 bits per heavy atom. The molecule has 0 aromatic heterocycles. The van der Waals surface area contributed by atoms with Crippen LogP contribution in [0.5, 0.6) is 0 Å². The molecule has 108 valence electrons. The molecular formula is C14H22BrNO2S. The molecule has 1 N–H and O–H groups in total. The van der Waals surface area contributed by atoms with Crippen LogP contribution in [0.15, 0.2) is 16.6 Å². The SMILES string of the molecule is Cc1cc(Br)cc(C)c1NS(=O)(=O)CCC(C)(C)C. The van der Waals surface area contributed by atoms with Gasteiger partial charge in [-0.3, -0.25) is 4.72 Å². The van der Waals surface area contributed by atoms with Gasteiger partial charge in [-0.1, -0.05) is 36.7 Å². The highest BCUT2D eigenvalue weighted by atomic mass is 79.9. The van der Waals surface area contributed by atoms with Gasteiger partial charge in [0.05, 0.1) is 11.4 Å². The molecule has 0 aliphatic heterocycles. The van der Waals surface area contributed by atoms with Gasteiger partial charge in [0.15, 0.2) is 0 Å². The smallest absolute Gasteiger partial charge is 0.232 e. The Morgan fingerprint density at radius 1 is 1.16 bits per heavy atom. The molecule has 0 bridgehead atoms. The van der Waals surface area contributed by atoms with Crippen LogP contribution in [-0.4, -0.2) is 14.2 Å². The van der Waals surface area contributed by atoms with E-state index in [2.05, 4.69) is 20.7 Å². The van der Waals surface area contributed by atoms with E-state index in [9.17, 15) is 8.42 Å². The fraction of sp³-hybridized carbons (Fsp3) is 0.571. The molecule has 0 aliphatic carbocycles. The first kappa shape index (κ1) is 16.5. The zero-order valence-corrected chi connectivity index (χ0v) is 14.6. The van der Waals surface area contributed by atoms with Crippen molar-refractivity contribution in [3.8, 4) is 0 Å². The van der Waals surface area contributed by atoms with E-state index in [0.717, 1.165) is 15.6 Å². The Bertz CT molecular complexity index is 536. The number of anilines is 1. The van der Waals surface area contributed by atoms with Gasteiger partial charge in [0, 0.05) is 4.47 Å². The lowest BCUT2D eigenvalue weighted by atomic mass is 9.94. The molecule has 0 unspecified atom stereocenters. The summed E-state index contributed by atoms with van der Waals surface area (Å²) in [7, 11) is -3.29. The summed E-state index contributed by atoms with van der Waals surface area (Å²) in [5.41, 5.74) is 2.55. The molecule has 0 heterocycles. The van der Waals surface area contributed by atoms with E-state index in [1.807, 2.05) is 46.8 Å². The lowest BCUT2D eigenvalue weighted by Gasteiger charge is -2.19. The summed E-state index contributed by atoms with van der Waals surface area (Å²) in [4.78, 5) is 0. The van der Waals surface area contributed by atoms with Crippen molar-refractivity contribution in [1.82, 2.24) is 0 Å². The minimum atomic E-state index is -3.29. The Balaban J connectivity index is 2.90. The van der Waals surface area contributed by atoms with Gasteiger partial charge >= 0.3 is 0 Å². The molecule has 0 saturated heterocycles. The minimum absolute atomic E-state index is 0.0125. The van der Waals surface area contributed by atoms with Crippen LogP contribution in [0.2, 0.25) is 0 Å². The topological polar surface area (TPSA) is 46.2 Å². The largest absolute Gasteiger partial charge is 0.283 e. The Labute approximate surface area is 125 Å². The number of halogens is 1. The van der Waals surface area contributed by atoms with E-state index < -0.39 is 10.0 Å². The van der Waals surface area contributed by atoms with Crippen molar-refractivity contribution in [2.24, 2.45) is 5.41 Å². The van der Waals surface area contributed by atoms with Crippen molar-refractivity contribution < 1.29 is 8.42 Å². The number of benzene rings is 1. The first-order valence-electron chi connectivity index (χ1n) is 6.27. The highest BCUT2D eigenvalue weighted by Crippen LogP contribution is 2.27. The Morgan fingerprint density at radius 2 is 1.63 bits per heavy atom. The molecular weight excluding hydrogens is 326 g/mol. The molecule has 0 saturated carbocycles. The summed E-state index contributed by atoms with van der Waals surface area (Å²) in [6.45, 7) is 9.93. The standard InChI is InChI=1S/C14H22BrNO2S/c1-10-8-12(15)9-11(2)13(10)16-19(17,18)7-6-14(3,4)5/h8-9,16H,6-7H2,1-5H3. The van der Waals surface area contributed by atoms with E-state index >= 15 is 0 Å². The van der Waals surface area contributed by atoms with Crippen LogP contribution in [-0.2, 0) is 10.0 Å². The predicted octanol–water partition coefficient (Wildman–Crippen LogP) is 4.24. The third-order valence-electron chi connectivity index (χ3n) is 2.88. The van der Waals surface area contributed by atoms with Crippen LogP contribution in [0.1, 0.15) is 38.3 Å².